The van der Waals surface area contributed by atoms with Crippen LogP contribution in [0, 0.1) is 20.8 Å². The Bertz CT molecular complexity index is 1100. The number of azo groups is 1. The van der Waals surface area contributed by atoms with Crippen LogP contribution in [-0.2, 0) is 0 Å². The number of aromatic nitrogens is 2. The van der Waals surface area contributed by atoms with E-state index < -0.39 is 0 Å². The average Bonchev–Trinajstić information content (AvgIpc) is 2.99. The van der Waals surface area contributed by atoms with Gasteiger partial charge in [0, 0.05) is 11.8 Å². The van der Waals surface area contributed by atoms with Gasteiger partial charge < -0.3 is 0 Å². The lowest BCUT2D eigenvalue weighted by molar-refractivity contribution is 1.09. The number of hydrogen-bond acceptors (Lipinski definition) is 3. The quantitative estimate of drug-likeness (QED) is 0.401. The molecule has 0 radical (unpaired) electrons. The van der Waals surface area contributed by atoms with Crippen LogP contribution >= 0.6 is 0 Å². The van der Waals surface area contributed by atoms with Gasteiger partial charge in [-0.2, -0.15) is 0 Å². The fourth-order valence-electron chi connectivity index (χ4n) is 2.92. The van der Waals surface area contributed by atoms with E-state index in [1.165, 1.54) is 5.56 Å². The summed E-state index contributed by atoms with van der Waals surface area (Å²) in [6, 6.07) is 20.4. The Labute approximate surface area is 152 Å². The Morgan fingerprint density at radius 2 is 1.50 bits per heavy atom. The number of imidazole rings is 1. The molecule has 0 saturated carbocycles. The molecule has 2 aromatic carbocycles. The van der Waals surface area contributed by atoms with Crippen LogP contribution in [0.2, 0.25) is 0 Å². The minimum Gasteiger partial charge on any atom is -0.282 e. The normalized spacial score (nSPS) is 11.5. The largest absolute Gasteiger partial charge is 0.282 e. The van der Waals surface area contributed by atoms with E-state index in [0.717, 1.165) is 39.5 Å². The van der Waals surface area contributed by atoms with Crippen LogP contribution in [0.4, 0.5) is 11.5 Å². The van der Waals surface area contributed by atoms with Crippen LogP contribution < -0.4 is 0 Å². The molecule has 0 aliphatic rings. The fraction of sp³-hybridized carbons (Fsp3) is 0.136. The Hall–Kier alpha value is -3.27. The summed E-state index contributed by atoms with van der Waals surface area (Å²) in [5.74, 6) is 0.746. The van der Waals surface area contributed by atoms with Crippen molar-refractivity contribution in [3.05, 3.63) is 83.6 Å². The lowest BCUT2D eigenvalue weighted by atomic mass is 10.1. The smallest absolute Gasteiger partial charge is 0.187 e. The first-order chi connectivity index (χ1) is 12.6. The van der Waals surface area contributed by atoms with E-state index in [2.05, 4.69) is 54.4 Å². The van der Waals surface area contributed by atoms with Gasteiger partial charge in [0.25, 0.3) is 0 Å². The molecule has 0 N–H and O–H groups in total. The van der Waals surface area contributed by atoms with Gasteiger partial charge in [-0.05, 0) is 44.0 Å². The molecule has 4 rings (SSSR count). The zero-order chi connectivity index (χ0) is 18.1. The van der Waals surface area contributed by atoms with Gasteiger partial charge in [0.1, 0.15) is 11.3 Å². The summed E-state index contributed by atoms with van der Waals surface area (Å²) in [7, 11) is 0. The zero-order valence-corrected chi connectivity index (χ0v) is 15.1. The maximum Gasteiger partial charge on any atom is 0.187 e. The summed E-state index contributed by atoms with van der Waals surface area (Å²) in [5, 5.41) is 9.09. The molecule has 2 heterocycles. The van der Waals surface area contributed by atoms with E-state index in [9.17, 15) is 0 Å². The minimum absolute atomic E-state index is 0.746. The van der Waals surface area contributed by atoms with Crippen LogP contribution in [0.5, 0.6) is 0 Å². The van der Waals surface area contributed by atoms with E-state index in [4.69, 9.17) is 4.98 Å². The summed E-state index contributed by atoms with van der Waals surface area (Å²) < 4.78 is 2.01. The highest BCUT2D eigenvalue weighted by molar-refractivity contribution is 5.74. The third-order valence-corrected chi connectivity index (χ3v) is 4.43. The van der Waals surface area contributed by atoms with Crippen molar-refractivity contribution in [3.8, 4) is 11.3 Å². The molecule has 0 saturated heterocycles. The summed E-state index contributed by atoms with van der Waals surface area (Å²) in [5.41, 5.74) is 7.07. The molecule has 0 spiro atoms. The molecular formula is C22H20N4. The molecule has 0 aliphatic heterocycles. The van der Waals surface area contributed by atoms with Gasteiger partial charge >= 0.3 is 0 Å². The van der Waals surface area contributed by atoms with E-state index in [-0.39, 0.29) is 0 Å². The molecule has 4 heteroatoms. The highest BCUT2D eigenvalue weighted by Crippen LogP contribution is 2.33. The van der Waals surface area contributed by atoms with Crippen molar-refractivity contribution < 1.29 is 0 Å². The molecule has 26 heavy (non-hydrogen) atoms. The molecule has 0 amide bonds. The van der Waals surface area contributed by atoms with E-state index in [0.29, 0.717) is 0 Å². The highest BCUT2D eigenvalue weighted by atomic mass is 15.2. The van der Waals surface area contributed by atoms with Gasteiger partial charge in [0.15, 0.2) is 5.82 Å². The monoisotopic (exact) mass is 340 g/mol. The average molecular weight is 340 g/mol. The number of nitrogens with zero attached hydrogens (tertiary/aromatic N) is 4. The summed E-state index contributed by atoms with van der Waals surface area (Å²) in [4.78, 5) is 4.80. The van der Waals surface area contributed by atoms with Gasteiger partial charge in [-0.1, -0.05) is 54.1 Å². The zero-order valence-electron chi connectivity index (χ0n) is 15.1. The van der Waals surface area contributed by atoms with E-state index in [1.54, 1.807) is 0 Å². The number of fused-ring (bicyclic) bond motifs is 1. The molecular weight excluding hydrogens is 320 g/mol. The first-order valence-electron chi connectivity index (χ1n) is 8.65. The Kier molecular flexibility index (Phi) is 4.09. The number of aryl methyl sites for hydroxylation is 3. The number of pyridine rings is 1. The van der Waals surface area contributed by atoms with Crippen molar-refractivity contribution in [2.24, 2.45) is 10.2 Å². The van der Waals surface area contributed by atoms with Gasteiger partial charge in [0.05, 0.1) is 5.69 Å². The molecule has 0 unspecified atom stereocenters. The van der Waals surface area contributed by atoms with Crippen molar-refractivity contribution in [3.63, 3.8) is 0 Å². The summed E-state index contributed by atoms with van der Waals surface area (Å²) in [6.45, 7) is 6.18. The molecule has 128 valence electrons. The van der Waals surface area contributed by atoms with Crippen molar-refractivity contribution in [1.82, 2.24) is 9.38 Å². The highest BCUT2D eigenvalue weighted by Gasteiger charge is 2.14. The predicted molar refractivity (Wildman–Crippen MR) is 105 cm³/mol. The second kappa shape index (κ2) is 6.56. The third-order valence-electron chi connectivity index (χ3n) is 4.43. The Balaban J connectivity index is 1.90. The second-order valence-electron chi connectivity index (χ2n) is 6.57. The van der Waals surface area contributed by atoms with Crippen molar-refractivity contribution in [1.29, 1.82) is 0 Å². The molecule has 0 aliphatic carbocycles. The lowest BCUT2D eigenvalue weighted by Gasteiger charge is -2.02. The summed E-state index contributed by atoms with van der Waals surface area (Å²) in [6.07, 6.45) is 2.05. The molecule has 0 atom stereocenters. The van der Waals surface area contributed by atoms with Crippen LogP contribution in [0.3, 0.4) is 0 Å². The molecule has 0 fully saturated rings. The Morgan fingerprint density at radius 3 is 2.27 bits per heavy atom. The van der Waals surface area contributed by atoms with Gasteiger partial charge in [-0.25, -0.2) is 4.98 Å². The topological polar surface area (TPSA) is 42.0 Å². The van der Waals surface area contributed by atoms with Crippen LogP contribution in [-0.4, -0.2) is 9.38 Å². The summed E-state index contributed by atoms with van der Waals surface area (Å²) >= 11 is 0. The molecule has 2 aromatic heterocycles. The van der Waals surface area contributed by atoms with Crippen LogP contribution in [0.1, 0.15) is 16.7 Å². The van der Waals surface area contributed by atoms with E-state index >= 15 is 0 Å². The van der Waals surface area contributed by atoms with Crippen LogP contribution in [0.15, 0.2) is 77.1 Å². The van der Waals surface area contributed by atoms with Crippen LogP contribution in [0.25, 0.3) is 16.9 Å². The minimum atomic E-state index is 0.746. The third kappa shape index (κ3) is 3.02. The second-order valence-corrected chi connectivity index (χ2v) is 6.57. The maximum atomic E-state index is 4.80. The first kappa shape index (κ1) is 16.2. The van der Waals surface area contributed by atoms with Gasteiger partial charge in [-0.15, -0.1) is 10.2 Å². The van der Waals surface area contributed by atoms with Gasteiger partial charge in [0.2, 0.25) is 0 Å². The van der Waals surface area contributed by atoms with Gasteiger partial charge in [-0.3, -0.25) is 4.40 Å². The number of hydrogen-bond donors (Lipinski definition) is 0. The lowest BCUT2D eigenvalue weighted by Crippen LogP contribution is -1.85. The van der Waals surface area contributed by atoms with Crippen molar-refractivity contribution in [2.75, 3.05) is 0 Å². The first-order valence-corrected chi connectivity index (χ1v) is 8.65. The maximum absolute atomic E-state index is 4.80. The number of benzene rings is 2. The molecule has 4 nitrogen and oxygen atoms in total. The Morgan fingerprint density at radius 1 is 0.769 bits per heavy atom. The molecule has 0 bridgehead atoms. The predicted octanol–water partition coefficient (Wildman–Crippen LogP) is 6.34. The van der Waals surface area contributed by atoms with E-state index in [1.807, 2.05) is 47.9 Å². The fourth-order valence-corrected chi connectivity index (χ4v) is 2.92. The number of rotatable bonds is 3. The van der Waals surface area contributed by atoms with Crippen molar-refractivity contribution >= 4 is 17.2 Å². The SMILES string of the molecule is Cc1ccc(-c2nc3ccc(C)cn3c2N=Nc2ccccc2C)cc1. The van der Waals surface area contributed by atoms with Crippen molar-refractivity contribution in [2.45, 2.75) is 20.8 Å². The standard InChI is InChI=1S/C22H20N4/c1-15-8-11-18(12-9-15)21-22(25-24-19-7-5-4-6-17(19)3)26-14-16(2)10-13-20(26)23-21/h4-14H,1-3H3. The molecule has 4 aromatic rings.